The summed E-state index contributed by atoms with van der Waals surface area (Å²) < 4.78 is 55.1. The number of aromatic nitrogens is 6. The van der Waals surface area contributed by atoms with E-state index in [1.54, 1.807) is 31.7 Å². The van der Waals surface area contributed by atoms with Gasteiger partial charge in [-0.05, 0) is 153 Å². The zero-order valence-corrected chi connectivity index (χ0v) is 69.8. The van der Waals surface area contributed by atoms with Crippen molar-refractivity contribution in [3.05, 3.63) is 184 Å². The number of anilines is 7. The van der Waals surface area contributed by atoms with Crippen LogP contribution in [0.1, 0.15) is 85.1 Å². The molecule has 120 heavy (non-hydrogen) atoms. The minimum Gasteiger partial charge on any atom is -0.462 e. The summed E-state index contributed by atoms with van der Waals surface area (Å²) in [6.45, 7) is 31.6. The number of carbonyl (C=O) groups is 3. The first kappa shape index (κ1) is 85.1. The number of piperidine rings is 1. The number of likely N-dealkylation sites (tertiary alicyclic amines) is 2. The van der Waals surface area contributed by atoms with E-state index in [0.717, 1.165) is 124 Å². The predicted molar refractivity (Wildman–Crippen MR) is 459 cm³/mol. The van der Waals surface area contributed by atoms with E-state index in [1.807, 2.05) is 11.0 Å². The average molecular weight is 1660 g/mol. The van der Waals surface area contributed by atoms with Gasteiger partial charge < -0.3 is 78.0 Å². The van der Waals surface area contributed by atoms with E-state index in [1.165, 1.54) is 58.8 Å². The molecule has 12 heterocycles. The van der Waals surface area contributed by atoms with Crippen LogP contribution in [0, 0.1) is 46.7 Å². The maximum absolute atomic E-state index is 14.6. The van der Waals surface area contributed by atoms with Crippen molar-refractivity contribution in [3.63, 3.8) is 0 Å². The second-order valence-corrected chi connectivity index (χ2v) is 32.8. The topological polar surface area (TPSA) is 241 Å². The number of benzene rings is 4. The number of fused-ring (bicyclic) bond motifs is 4. The highest BCUT2D eigenvalue weighted by molar-refractivity contribution is 6.33. The van der Waals surface area contributed by atoms with E-state index in [0.29, 0.717) is 140 Å². The number of nitrogens with zero attached hydrogens (tertiary/aromatic N) is 22. The molecule has 6 saturated heterocycles. The summed E-state index contributed by atoms with van der Waals surface area (Å²) in [6, 6.07) is 29.3. The lowest BCUT2D eigenvalue weighted by Crippen LogP contribution is -2.56. The number of hydrogen-bond donors (Lipinski definition) is 0. The molecule has 6 atom stereocenters. The van der Waals surface area contributed by atoms with Gasteiger partial charge in [-0.15, -0.1) is 0 Å². The van der Waals surface area contributed by atoms with Crippen LogP contribution < -0.4 is 43.8 Å². The van der Waals surface area contributed by atoms with Crippen LogP contribution in [0.25, 0.3) is 15.6 Å². The highest BCUT2D eigenvalue weighted by Crippen LogP contribution is 2.40. The van der Waals surface area contributed by atoms with Crippen LogP contribution in [0.3, 0.4) is 0 Å². The van der Waals surface area contributed by atoms with Gasteiger partial charge >= 0.3 is 12.0 Å². The summed E-state index contributed by atoms with van der Waals surface area (Å²) in [4.78, 5) is 98.0. The number of carbonyl (C=O) groups excluding carboxylic acids is 3. The van der Waals surface area contributed by atoms with Crippen molar-refractivity contribution in [3.8, 4) is 24.2 Å². The summed E-state index contributed by atoms with van der Waals surface area (Å²) >= 11 is 6.32. The van der Waals surface area contributed by atoms with Crippen molar-refractivity contribution in [2.45, 2.75) is 127 Å². The predicted octanol–water partition coefficient (Wildman–Crippen LogP) is 10.2. The lowest BCUT2D eigenvalue weighted by molar-refractivity contribution is -0.129. The number of rotatable bonds is 20. The van der Waals surface area contributed by atoms with E-state index in [4.69, 9.17) is 57.6 Å². The lowest BCUT2D eigenvalue weighted by atomic mass is 10.0. The molecular weight excluding hydrogens is 1550 g/mol. The van der Waals surface area contributed by atoms with E-state index in [-0.39, 0.29) is 84.5 Å². The first-order valence-electron chi connectivity index (χ1n) is 41.7. The van der Waals surface area contributed by atoms with Gasteiger partial charge in [-0.1, -0.05) is 79.9 Å². The van der Waals surface area contributed by atoms with Crippen LogP contribution in [0.15, 0.2) is 117 Å². The van der Waals surface area contributed by atoms with Crippen molar-refractivity contribution >= 4 is 80.6 Å². The van der Waals surface area contributed by atoms with Gasteiger partial charge in [0.1, 0.15) is 42.5 Å². The Labute approximate surface area is 705 Å². The summed E-state index contributed by atoms with van der Waals surface area (Å²) in [5.41, 5.74) is 7.77. The number of likely N-dealkylation sites (N-methyl/N-ethyl adjacent to an activating group) is 3. The summed E-state index contributed by atoms with van der Waals surface area (Å²) in [5.74, 6) is 0.549. The van der Waals surface area contributed by atoms with Gasteiger partial charge in [0, 0.05) is 138 Å². The van der Waals surface area contributed by atoms with Crippen molar-refractivity contribution < 1.29 is 37.0 Å². The average Bonchev–Trinajstić information content (AvgIpc) is 1.14. The first-order chi connectivity index (χ1) is 58.2. The van der Waals surface area contributed by atoms with Gasteiger partial charge in [-0.3, -0.25) is 14.4 Å². The van der Waals surface area contributed by atoms with Crippen LogP contribution in [-0.4, -0.2) is 266 Å². The molecule has 3 aromatic heterocycles. The highest BCUT2D eigenvalue weighted by atomic mass is 35.5. The molecule has 16 rings (SSSR count). The van der Waals surface area contributed by atoms with Crippen molar-refractivity contribution in [1.82, 2.24) is 59.3 Å². The number of nitriles is 2. The smallest absolute Gasteiger partial charge is 0.318 e. The third kappa shape index (κ3) is 18.9. The molecule has 0 saturated carbocycles. The van der Waals surface area contributed by atoms with E-state index in [2.05, 4.69) is 147 Å². The molecule has 1 unspecified atom stereocenters. The SMILES string of the molecule is C=CC(=O)N1CCN(c2nc(OC[C@@H]3CCCN3C)nc3c2CCN(c2cccc(F)c2Cl)C3)C[C@@H]1CC#N.C=CC(=O)N1CCN(c2nc(OC[C@@H]3CCCN3C)nc3c2CCN(c2cccc(F)c2F)C3)C[C@@H]1CC#N.[C-]#[N+]C[C@H]1CN(c2nc(N3CCCC(N(C)C)C3)nc3c2CCN(c2cccc4ccccc24)C3)CCN1C(=O)C=C. The second-order valence-electron chi connectivity index (χ2n) is 32.4. The number of amides is 3. The molecule has 4 aromatic carbocycles. The fraction of sp³-hybridized carbons (Fsp3) is 0.483. The molecule has 9 aliphatic rings. The quantitative estimate of drug-likeness (QED) is 0.0509. The number of ether oxygens (including phenoxy) is 2. The molecule has 3 amide bonds. The van der Waals surface area contributed by atoms with Crippen LogP contribution >= 0.6 is 11.6 Å². The van der Waals surface area contributed by atoms with Crippen molar-refractivity contribution in [1.29, 1.82) is 10.5 Å². The van der Waals surface area contributed by atoms with Gasteiger partial charge in [0.05, 0.1) is 90.2 Å². The summed E-state index contributed by atoms with van der Waals surface area (Å²) in [7, 11) is 8.47. The molecule has 31 heteroatoms. The fourth-order valence-corrected chi connectivity index (χ4v) is 18.5. The Morgan fingerprint density at radius 1 is 0.517 bits per heavy atom. The minimum absolute atomic E-state index is 0.0957. The Balaban J connectivity index is 0.000000148. The molecular formula is C89H106ClF3N22O5. The summed E-state index contributed by atoms with van der Waals surface area (Å²) in [6.07, 6.45) is 13.0. The van der Waals surface area contributed by atoms with E-state index < -0.39 is 17.5 Å². The Morgan fingerprint density at radius 2 is 0.967 bits per heavy atom. The zero-order valence-electron chi connectivity index (χ0n) is 69.0. The number of halogens is 4. The molecule has 0 spiro atoms. The monoisotopic (exact) mass is 1650 g/mol. The number of hydrogen-bond acceptors (Lipinski definition) is 23. The third-order valence-electron chi connectivity index (χ3n) is 25.0. The number of piperazine rings is 3. The Hall–Kier alpha value is -11.4. The van der Waals surface area contributed by atoms with Crippen LogP contribution in [0.5, 0.6) is 12.0 Å². The molecule has 6 fully saturated rings. The maximum atomic E-state index is 14.6. The van der Waals surface area contributed by atoms with E-state index in [9.17, 15) is 38.1 Å². The van der Waals surface area contributed by atoms with Gasteiger partial charge in [0.25, 0.3) is 0 Å². The highest BCUT2D eigenvalue weighted by Gasteiger charge is 2.40. The fourth-order valence-electron chi connectivity index (χ4n) is 18.3. The van der Waals surface area contributed by atoms with Gasteiger partial charge in [-0.25, -0.2) is 24.7 Å². The molecule has 0 bridgehead atoms. The van der Waals surface area contributed by atoms with E-state index >= 15 is 0 Å². The molecule has 0 N–H and O–H groups in total. The maximum Gasteiger partial charge on any atom is 0.318 e. The Kier molecular flexibility index (Phi) is 27.5. The third-order valence-corrected chi connectivity index (χ3v) is 25.3. The van der Waals surface area contributed by atoms with Crippen molar-refractivity contribution in [2.75, 3.05) is 187 Å². The van der Waals surface area contributed by atoms with Gasteiger partial charge in [0.2, 0.25) is 30.2 Å². The Morgan fingerprint density at radius 3 is 1.48 bits per heavy atom. The molecule has 0 radical (unpaired) electrons. The summed E-state index contributed by atoms with van der Waals surface area (Å²) in [5, 5.41) is 21.4. The van der Waals surface area contributed by atoms with Gasteiger partial charge in [0.15, 0.2) is 11.6 Å². The second kappa shape index (κ2) is 38.8. The standard InChI is InChI=1S/C33H40N8O.C28H33ClFN7O2.C28H33F2N7O2/c1-5-31(42)41-19-18-39(22-26(41)20-34-2)32-28-15-17-38(30-14-8-11-24-10-6-7-13-27(24)30)23-29(28)35-33(36-32)40-16-9-12-25(21-40)37(3)4;1-3-25(38)37-15-14-36(16-19(37)9-11-31)27-21-10-13-35(24-8-4-7-22(30)26(24)29)17-23(21)32-28(33-27)39-18-20-6-5-12-34(20)2;1-3-25(38)37-15-14-36(16-19(37)9-11-31)27-21-10-13-35(24-8-4-7-22(29)26(24)30)17-23(21)32-28(33-27)39-18-20-6-5-12-34(20)2/h5-8,10-11,13-14,25-26H,1,9,12,15-23H2,3-4H3;2*3-4,7-8,19-20H,1,5-6,9-10,12-18H2,2H3/t25?,26-;2*19-,20-/m000/s1. The molecule has 7 aromatic rings. The van der Waals surface area contributed by atoms with Gasteiger partial charge in [-0.2, -0.15) is 35.4 Å². The lowest BCUT2D eigenvalue weighted by Gasteiger charge is -2.42. The Bertz CT molecular complexity index is 4860. The minimum atomic E-state index is -0.887. The van der Waals surface area contributed by atoms with Crippen LogP contribution in [0.4, 0.5) is 53.6 Å². The van der Waals surface area contributed by atoms with Crippen LogP contribution in [0.2, 0.25) is 5.02 Å². The molecule has 9 aliphatic heterocycles. The van der Waals surface area contributed by atoms with Crippen LogP contribution in [-0.2, 0) is 53.3 Å². The molecule has 27 nitrogen and oxygen atoms in total. The first-order valence-corrected chi connectivity index (χ1v) is 42.1. The normalized spacial score (nSPS) is 21.2. The van der Waals surface area contributed by atoms with Crippen molar-refractivity contribution in [2.24, 2.45) is 0 Å². The molecule has 0 aliphatic carbocycles. The molecule has 630 valence electrons. The zero-order chi connectivity index (χ0) is 84.3. The largest absolute Gasteiger partial charge is 0.462 e.